The summed E-state index contributed by atoms with van der Waals surface area (Å²) in [5.74, 6) is -3.16. The molecule has 0 saturated heterocycles. The van der Waals surface area contributed by atoms with Gasteiger partial charge in [0.1, 0.15) is 22.3 Å². The lowest BCUT2D eigenvalue weighted by molar-refractivity contribution is -0.533. The number of rotatable bonds is 6. The predicted octanol–water partition coefficient (Wildman–Crippen LogP) is 5.29. The van der Waals surface area contributed by atoms with E-state index in [2.05, 4.69) is 0 Å². The van der Waals surface area contributed by atoms with E-state index in [1.165, 1.54) is 38.5 Å². The van der Waals surface area contributed by atoms with Gasteiger partial charge in [-0.1, -0.05) is 72.8 Å². The maximum Gasteiger partial charge on any atom is 0.221 e. The fraction of sp³-hybridized carbons (Fsp3) is 0.333. The van der Waals surface area contributed by atoms with E-state index in [0.29, 0.717) is 22.6 Å². The number of ether oxygens (including phenoxy) is 2. The van der Waals surface area contributed by atoms with Gasteiger partial charge in [-0.25, -0.2) is 0 Å². The average Bonchev–Trinajstić information content (AvgIpc) is 3.57. The number of aliphatic hydroxyl groups excluding tert-OH is 2. The SMILES string of the molecule is COc1ccc([C@H]2[C@H]([N+](=O)[O-])CC[C@@H](O)C23C(=O)c2ccccc2C3=O)cc1.COc1ccc([C@H]2[C@H]([N+](=O)[O-])CC[C@@H](O)C23C(=O)c2ccccc2C3=O)cc1. The van der Waals surface area contributed by atoms with E-state index in [-0.39, 0.29) is 47.9 Å². The molecular weight excluding hydrogens is 724 g/mol. The first-order valence-electron chi connectivity index (χ1n) is 18.1. The number of carbonyl (C=O) groups is 4. The molecule has 0 radical (unpaired) electrons. The Hall–Kier alpha value is -6.12. The van der Waals surface area contributed by atoms with E-state index in [0.717, 1.165) is 0 Å². The molecule has 288 valence electrons. The number of Topliss-reactive ketones (excluding diaryl/α,β-unsaturated/α-hetero) is 4. The largest absolute Gasteiger partial charge is 0.497 e. The highest BCUT2D eigenvalue weighted by atomic mass is 16.6. The minimum atomic E-state index is -1.88. The van der Waals surface area contributed by atoms with Crippen LogP contribution in [0, 0.1) is 31.1 Å². The molecule has 4 aliphatic carbocycles. The third-order valence-electron chi connectivity index (χ3n) is 12.1. The van der Waals surface area contributed by atoms with Crippen LogP contribution in [0.1, 0.15) is 90.1 Å². The Labute approximate surface area is 320 Å². The van der Waals surface area contributed by atoms with E-state index in [4.69, 9.17) is 9.47 Å². The van der Waals surface area contributed by atoms with Crippen LogP contribution in [0.25, 0.3) is 0 Å². The third-order valence-corrected chi connectivity index (χ3v) is 12.1. The summed E-state index contributed by atoms with van der Waals surface area (Å²) in [6, 6.07) is 23.5. The van der Waals surface area contributed by atoms with Gasteiger partial charge in [-0.2, -0.15) is 0 Å². The number of carbonyl (C=O) groups excluding carboxylic acids is 4. The van der Waals surface area contributed by atoms with Gasteiger partial charge >= 0.3 is 0 Å². The van der Waals surface area contributed by atoms with Crippen molar-refractivity contribution in [2.75, 3.05) is 14.2 Å². The fourth-order valence-corrected chi connectivity index (χ4v) is 9.54. The molecule has 0 heterocycles. The smallest absolute Gasteiger partial charge is 0.221 e. The molecule has 14 nitrogen and oxygen atoms in total. The van der Waals surface area contributed by atoms with Gasteiger partial charge in [0.05, 0.1) is 38.3 Å². The summed E-state index contributed by atoms with van der Waals surface area (Å²) in [5.41, 5.74) is -1.96. The number of fused-ring (bicyclic) bond motifs is 2. The molecular formula is C42H38N2O12. The number of nitro groups is 2. The first-order chi connectivity index (χ1) is 26.8. The van der Waals surface area contributed by atoms with Gasteiger partial charge < -0.3 is 19.7 Å². The summed E-state index contributed by atoms with van der Waals surface area (Å²) >= 11 is 0. The highest BCUT2D eigenvalue weighted by Crippen LogP contribution is 2.57. The van der Waals surface area contributed by atoms with Gasteiger partial charge in [0, 0.05) is 44.9 Å². The van der Waals surface area contributed by atoms with Gasteiger partial charge in [0.2, 0.25) is 12.1 Å². The first-order valence-corrected chi connectivity index (χ1v) is 18.1. The van der Waals surface area contributed by atoms with E-state index in [1.807, 2.05) is 0 Å². The monoisotopic (exact) mass is 762 g/mol. The van der Waals surface area contributed by atoms with Crippen LogP contribution >= 0.6 is 0 Å². The highest BCUT2D eigenvalue weighted by Gasteiger charge is 2.69. The zero-order valence-corrected chi connectivity index (χ0v) is 30.4. The van der Waals surface area contributed by atoms with Crippen LogP contribution in [-0.4, -0.2) is 81.7 Å². The predicted molar refractivity (Wildman–Crippen MR) is 199 cm³/mol. The number of methoxy groups -OCH3 is 2. The Balaban J connectivity index is 0.000000172. The molecule has 6 atom stereocenters. The summed E-state index contributed by atoms with van der Waals surface area (Å²) < 4.78 is 10.3. The van der Waals surface area contributed by atoms with Crippen molar-refractivity contribution in [1.29, 1.82) is 0 Å². The van der Waals surface area contributed by atoms with E-state index < -0.39 is 79.9 Å². The second-order valence-corrected chi connectivity index (χ2v) is 14.5. The molecule has 2 spiro atoms. The zero-order valence-electron chi connectivity index (χ0n) is 30.4. The second-order valence-electron chi connectivity index (χ2n) is 14.5. The molecule has 56 heavy (non-hydrogen) atoms. The van der Waals surface area contributed by atoms with E-state index in [1.54, 1.807) is 72.8 Å². The molecule has 0 bridgehead atoms. The van der Waals surface area contributed by atoms with Gasteiger partial charge in [-0.15, -0.1) is 0 Å². The van der Waals surface area contributed by atoms with Crippen LogP contribution in [0.3, 0.4) is 0 Å². The molecule has 4 aliphatic rings. The molecule has 0 aromatic heterocycles. The van der Waals surface area contributed by atoms with Crippen molar-refractivity contribution < 1.29 is 48.7 Å². The molecule has 0 amide bonds. The Morgan fingerprint density at radius 2 is 0.804 bits per heavy atom. The van der Waals surface area contributed by atoms with Crippen molar-refractivity contribution in [3.63, 3.8) is 0 Å². The third kappa shape index (κ3) is 5.54. The lowest BCUT2D eigenvalue weighted by Crippen LogP contribution is -2.57. The van der Waals surface area contributed by atoms with Crippen molar-refractivity contribution in [2.45, 2.75) is 61.8 Å². The van der Waals surface area contributed by atoms with Crippen LogP contribution in [0.5, 0.6) is 11.5 Å². The van der Waals surface area contributed by atoms with E-state index >= 15 is 0 Å². The number of nitrogens with zero attached hydrogens (tertiary/aromatic N) is 2. The van der Waals surface area contributed by atoms with Gasteiger partial charge in [-0.3, -0.25) is 39.4 Å². The normalized spacial score (nSPS) is 25.6. The Morgan fingerprint density at radius 3 is 1.05 bits per heavy atom. The lowest BCUT2D eigenvalue weighted by atomic mass is 9.57. The quantitative estimate of drug-likeness (QED) is 0.146. The second kappa shape index (κ2) is 14.5. The fourth-order valence-electron chi connectivity index (χ4n) is 9.54. The molecule has 2 saturated carbocycles. The average molecular weight is 763 g/mol. The maximum absolute atomic E-state index is 13.4. The first kappa shape index (κ1) is 38.2. The standard InChI is InChI=1S/2C21H19NO6/c2*1-28-13-8-6-12(7-9-13)18-16(22(26)27)10-11-17(23)21(18)19(24)14-4-2-3-5-15(14)20(21)25/h2*2-9,16-18,23H,10-11H2,1H3/t2*16-,17-,18+/m11/s1. The summed E-state index contributed by atoms with van der Waals surface area (Å²) in [4.78, 5) is 76.6. The van der Waals surface area contributed by atoms with Gasteiger partial charge in [0.25, 0.3) is 0 Å². The van der Waals surface area contributed by atoms with Crippen LogP contribution < -0.4 is 9.47 Å². The topological polar surface area (TPSA) is 213 Å². The molecule has 4 aromatic rings. The van der Waals surface area contributed by atoms with Crippen molar-refractivity contribution in [1.82, 2.24) is 0 Å². The van der Waals surface area contributed by atoms with Crippen LogP contribution in [0.15, 0.2) is 97.1 Å². The van der Waals surface area contributed by atoms with Gasteiger partial charge in [0.15, 0.2) is 23.1 Å². The molecule has 2 N–H and O–H groups in total. The van der Waals surface area contributed by atoms with Crippen molar-refractivity contribution in [2.24, 2.45) is 10.8 Å². The van der Waals surface area contributed by atoms with Gasteiger partial charge in [-0.05, 0) is 48.2 Å². The Bertz CT molecular complexity index is 2020. The number of ketones is 4. The number of hydrogen-bond donors (Lipinski definition) is 2. The molecule has 0 unspecified atom stereocenters. The van der Waals surface area contributed by atoms with Crippen molar-refractivity contribution in [3.05, 3.63) is 151 Å². The molecule has 4 aromatic carbocycles. The van der Waals surface area contributed by atoms with Crippen molar-refractivity contribution >= 4 is 23.1 Å². The summed E-state index contributed by atoms with van der Waals surface area (Å²) in [6.07, 6.45) is -2.37. The maximum atomic E-state index is 13.4. The molecule has 8 rings (SSSR count). The minimum Gasteiger partial charge on any atom is -0.497 e. The number of benzene rings is 4. The summed E-state index contributed by atoms with van der Waals surface area (Å²) in [7, 11) is 3.00. The van der Waals surface area contributed by atoms with Crippen LogP contribution in [0.4, 0.5) is 0 Å². The highest BCUT2D eigenvalue weighted by molar-refractivity contribution is 6.31. The van der Waals surface area contributed by atoms with Crippen molar-refractivity contribution in [3.8, 4) is 11.5 Å². The zero-order chi connectivity index (χ0) is 40.1. The summed E-state index contributed by atoms with van der Waals surface area (Å²) in [5, 5.41) is 45.6. The van der Waals surface area contributed by atoms with Crippen LogP contribution in [-0.2, 0) is 0 Å². The molecule has 2 fully saturated rings. The lowest BCUT2D eigenvalue weighted by Gasteiger charge is -2.43. The Kier molecular flexibility index (Phi) is 9.89. The molecule has 0 aliphatic heterocycles. The number of aliphatic hydroxyl groups is 2. The molecule has 14 heteroatoms. The van der Waals surface area contributed by atoms with E-state index in [9.17, 15) is 49.6 Å². The summed E-state index contributed by atoms with van der Waals surface area (Å²) in [6.45, 7) is 0. The van der Waals surface area contributed by atoms with Crippen LogP contribution in [0.2, 0.25) is 0 Å². The Morgan fingerprint density at radius 1 is 0.518 bits per heavy atom. The number of hydrogen-bond acceptors (Lipinski definition) is 12. The minimum absolute atomic E-state index is 0.0176.